The number of aryl methyl sites for hydroxylation is 1. The van der Waals surface area contributed by atoms with Crippen LogP contribution in [0.15, 0.2) is 10.7 Å². The van der Waals surface area contributed by atoms with E-state index in [2.05, 4.69) is 44.9 Å². The van der Waals surface area contributed by atoms with Crippen LogP contribution in [0.1, 0.15) is 64.1 Å². The number of halogens is 1. The zero-order valence-corrected chi connectivity index (χ0v) is 15.1. The maximum Gasteiger partial charge on any atom is 0.0697 e. The van der Waals surface area contributed by atoms with E-state index < -0.39 is 0 Å². The Kier molecular flexibility index (Phi) is 6.26. The minimum atomic E-state index is 0.0617. The Morgan fingerprint density at radius 1 is 1.43 bits per heavy atom. The summed E-state index contributed by atoms with van der Waals surface area (Å²) in [7, 11) is 1.86. The highest BCUT2D eigenvalue weighted by Gasteiger charge is 2.40. The van der Waals surface area contributed by atoms with E-state index in [4.69, 9.17) is 4.74 Å². The fourth-order valence-corrected chi connectivity index (χ4v) is 3.70. The first-order chi connectivity index (χ1) is 10.2. The van der Waals surface area contributed by atoms with Gasteiger partial charge >= 0.3 is 0 Å². The van der Waals surface area contributed by atoms with Gasteiger partial charge in [-0.05, 0) is 61.0 Å². The Balaban J connectivity index is 2.20. The molecule has 1 aliphatic carbocycles. The molecule has 1 saturated carbocycles. The van der Waals surface area contributed by atoms with E-state index in [0.717, 1.165) is 36.8 Å². The molecule has 1 atom stereocenters. The lowest BCUT2D eigenvalue weighted by atomic mass is 9.75. The highest BCUT2D eigenvalue weighted by Crippen LogP contribution is 2.42. The molecule has 2 rings (SSSR count). The number of methoxy groups -OCH3 is 1. The summed E-state index contributed by atoms with van der Waals surface area (Å²) in [5.74, 6) is 0. The minimum absolute atomic E-state index is 0.0617. The van der Waals surface area contributed by atoms with Crippen LogP contribution in [0.2, 0.25) is 0 Å². The van der Waals surface area contributed by atoms with Gasteiger partial charge in [0.05, 0.1) is 28.0 Å². The molecule has 4 nitrogen and oxygen atoms in total. The molecule has 1 fully saturated rings. The second-order valence-electron chi connectivity index (χ2n) is 6.05. The lowest BCUT2D eigenvalue weighted by Gasteiger charge is -2.43. The van der Waals surface area contributed by atoms with Crippen LogP contribution in [0.3, 0.4) is 0 Å². The van der Waals surface area contributed by atoms with E-state index in [1.807, 2.05) is 13.3 Å². The van der Waals surface area contributed by atoms with Crippen LogP contribution in [0.4, 0.5) is 0 Å². The number of hydrogen-bond acceptors (Lipinski definition) is 3. The summed E-state index contributed by atoms with van der Waals surface area (Å²) in [5.41, 5.74) is 1.33. The summed E-state index contributed by atoms with van der Waals surface area (Å²) >= 11 is 3.68. The molecule has 1 heterocycles. The van der Waals surface area contributed by atoms with Gasteiger partial charge in [-0.1, -0.05) is 13.8 Å². The Labute approximate surface area is 136 Å². The van der Waals surface area contributed by atoms with Gasteiger partial charge in [0.1, 0.15) is 0 Å². The number of rotatable bonds is 9. The van der Waals surface area contributed by atoms with E-state index in [1.54, 1.807) is 0 Å². The van der Waals surface area contributed by atoms with Crippen LogP contribution >= 0.6 is 15.9 Å². The molecular weight excluding hydrogens is 330 g/mol. The summed E-state index contributed by atoms with van der Waals surface area (Å²) < 4.78 is 9.08. The molecule has 0 amide bonds. The van der Waals surface area contributed by atoms with Crippen LogP contribution < -0.4 is 5.32 Å². The summed E-state index contributed by atoms with van der Waals surface area (Å²) in [6.45, 7) is 6.38. The average molecular weight is 358 g/mol. The second-order valence-corrected chi connectivity index (χ2v) is 6.91. The molecule has 1 unspecified atom stereocenters. The van der Waals surface area contributed by atoms with Gasteiger partial charge in [-0.2, -0.15) is 5.10 Å². The van der Waals surface area contributed by atoms with Crippen molar-refractivity contribution in [2.75, 3.05) is 13.7 Å². The zero-order valence-electron chi connectivity index (χ0n) is 13.5. The van der Waals surface area contributed by atoms with E-state index >= 15 is 0 Å². The van der Waals surface area contributed by atoms with E-state index in [9.17, 15) is 0 Å². The second kappa shape index (κ2) is 7.75. The van der Waals surface area contributed by atoms with Crippen molar-refractivity contribution in [2.24, 2.45) is 0 Å². The molecule has 0 aliphatic heterocycles. The largest absolute Gasteiger partial charge is 0.378 e. The molecule has 21 heavy (non-hydrogen) atoms. The fourth-order valence-electron chi connectivity index (χ4n) is 3.13. The lowest BCUT2D eigenvalue weighted by molar-refractivity contribution is -0.0843. The molecule has 1 aromatic rings. The Morgan fingerprint density at radius 2 is 2.19 bits per heavy atom. The monoisotopic (exact) mass is 357 g/mol. The van der Waals surface area contributed by atoms with Crippen molar-refractivity contribution in [3.63, 3.8) is 0 Å². The topological polar surface area (TPSA) is 39.1 Å². The molecule has 0 bridgehead atoms. The highest BCUT2D eigenvalue weighted by molar-refractivity contribution is 9.10. The van der Waals surface area contributed by atoms with E-state index in [1.165, 1.54) is 25.0 Å². The van der Waals surface area contributed by atoms with Crippen molar-refractivity contribution < 1.29 is 4.74 Å². The van der Waals surface area contributed by atoms with Crippen molar-refractivity contribution in [3.05, 3.63) is 16.4 Å². The fraction of sp³-hybridized carbons (Fsp3) is 0.812. The molecule has 1 aliphatic rings. The molecule has 1 aromatic heterocycles. The Morgan fingerprint density at radius 3 is 2.71 bits per heavy atom. The number of hydrogen-bond donors (Lipinski definition) is 1. The molecule has 0 saturated heterocycles. The summed E-state index contributed by atoms with van der Waals surface area (Å²) in [5, 5.41) is 8.22. The van der Waals surface area contributed by atoms with Crippen LogP contribution in [0, 0.1) is 0 Å². The van der Waals surface area contributed by atoms with E-state index in [0.29, 0.717) is 6.04 Å². The average Bonchev–Trinajstić information content (AvgIpc) is 2.79. The smallest absolute Gasteiger partial charge is 0.0697 e. The number of aromatic nitrogens is 2. The summed E-state index contributed by atoms with van der Waals surface area (Å²) in [4.78, 5) is 0. The third-order valence-corrected chi connectivity index (χ3v) is 5.12. The Hall–Kier alpha value is -0.390. The predicted molar refractivity (Wildman–Crippen MR) is 89.5 cm³/mol. The first kappa shape index (κ1) is 17.0. The van der Waals surface area contributed by atoms with Crippen LogP contribution in [0.25, 0.3) is 0 Å². The Bertz CT molecular complexity index is 437. The van der Waals surface area contributed by atoms with E-state index in [-0.39, 0.29) is 5.60 Å². The molecule has 120 valence electrons. The van der Waals surface area contributed by atoms with Gasteiger partial charge in [-0.3, -0.25) is 4.68 Å². The van der Waals surface area contributed by atoms with Gasteiger partial charge < -0.3 is 10.1 Å². The van der Waals surface area contributed by atoms with Crippen molar-refractivity contribution in [2.45, 2.75) is 70.6 Å². The summed E-state index contributed by atoms with van der Waals surface area (Å²) in [6.07, 6.45) is 8.81. The third kappa shape index (κ3) is 3.88. The summed E-state index contributed by atoms with van der Waals surface area (Å²) in [6, 6.07) is 0.300. The van der Waals surface area contributed by atoms with Crippen LogP contribution in [-0.4, -0.2) is 29.0 Å². The number of nitrogens with zero attached hydrogens (tertiary/aromatic N) is 2. The van der Waals surface area contributed by atoms with Crippen molar-refractivity contribution in [1.29, 1.82) is 0 Å². The van der Waals surface area contributed by atoms with Crippen LogP contribution in [-0.2, 0) is 11.3 Å². The predicted octanol–water partition coefficient (Wildman–Crippen LogP) is 4.06. The molecule has 0 spiro atoms. The maximum absolute atomic E-state index is 5.84. The standard InChI is InChI=1S/C16H28BrN3O/c1-4-9-18-14(11-16(21-3)7-6-8-16)15-13(17)12-19-20(15)10-5-2/h12,14,18H,4-11H2,1-3H3. The first-order valence-electron chi connectivity index (χ1n) is 8.15. The number of ether oxygens (including phenoxy) is 1. The molecule has 1 N–H and O–H groups in total. The van der Waals surface area contributed by atoms with Gasteiger partial charge in [0.2, 0.25) is 0 Å². The first-order valence-corrected chi connectivity index (χ1v) is 8.95. The molecule has 0 radical (unpaired) electrons. The third-order valence-electron chi connectivity index (χ3n) is 4.51. The van der Waals surface area contributed by atoms with Gasteiger partial charge in [0.15, 0.2) is 0 Å². The lowest BCUT2D eigenvalue weighted by Crippen LogP contribution is -2.43. The minimum Gasteiger partial charge on any atom is -0.378 e. The van der Waals surface area contributed by atoms with Gasteiger partial charge in [-0.25, -0.2) is 0 Å². The number of nitrogens with one attached hydrogen (secondary N) is 1. The van der Waals surface area contributed by atoms with Crippen LogP contribution in [0.5, 0.6) is 0 Å². The quantitative estimate of drug-likeness (QED) is 0.724. The molecular formula is C16H28BrN3O. The van der Waals surface area contributed by atoms with Gasteiger partial charge in [-0.15, -0.1) is 0 Å². The van der Waals surface area contributed by atoms with Crippen molar-refractivity contribution in [1.82, 2.24) is 15.1 Å². The van der Waals surface area contributed by atoms with Crippen molar-refractivity contribution in [3.8, 4) is 0 Å². The highest BCUT2D eigenvalue weighted by atomic mass is 79.9. The van der Waals surface area contributed by atoms with Gasteiger partial charge in [0, 0.05) is 13.7 Å². The van der Waals surface area contributed by atoms with Gasteiger partial charge in [0.25, 0.3) is 0 Å². The SMILES string of the molecule is CCCNC(CC1(OC)CCC1)c1c(Br)cnn1CCC. The van der Waals surface area contributed by atoms with Crippen molar-refractivity contribution >= 4 is 15.9 Å². The molecule has 0 aromatic carbocycles. The molecule has 5 heteroatoms. The zero-order chi connectivity index (χ0) is 15.3. The normalized spacial score (nSPS) is 18.5. The maximum atomic E-state index is 5.84.